The molecule has 9 heavy (non-hydrogen) atoms. The van der Waals surface area contributed by atoms with Crippen molar-refractivity contribution in [2.75, 3.05) is 4.38 Å². The summed E-state index contributed by atoms with van der Waals surface area (Å²) in [5.74, 6) is 0. The van der Waals surface area contributed by atoms with E-state index < -0.39 is 49.5 Å². The lowest BCUT2D eigenvalue weighted by Crippen LogP contribution is -1.77. The molecule has 56 valence electrons. The normalized spacial score (nSPS) is 50.6. The summed E-state index contributed by atoms with van der Waals surface area (Å²) in [5, 5.41) is 0. The molecular formula is C8H17I. The minimum atomic E-state index is -4.21. The molecule has 0 radical (unpaired) electrons. The number of halogens is 1. The Balaban J connectivity index is 6.61. The van der Waals surface area contributed by atoms with E-state index in [9.17, 15) is 0 Å². The Hall–Kier alpha value is 0.730. The van der Waals surface area contributed by atoms with Gasteiger partial charge < -0.3 is 0 Å². The maximum absolute atomic E-state index is 7.72. The zero-order valence-electron chi connectivity index (χ0n) is 21.4. The molecule has 1 heteroatoms. The molecule has 0 heterocycles. The van der Waals surface area contributed by atoms with E-state index in [2.05, 4.69) is 0 Å². The molecule has 0 amide bonds. The maximum atomic E-state index is 7.72. The van der Waals surface area contributed by atoms with Crippen molar-refractivity contribution in [2.45, 2.75) is 45.1 Å². The molecule has 0 rings (SSSR count). The Bertz CT molecular complexity index is 474. The minimum Gasteiger partial charge on any atom is -0.0864 e. The number of rotatable bonds is 6. The van der Waals surface area contributed by atoms with Crippen LogP contribution in [-0.2, 0) is 0 Å². The van der Waals surface area contributed by atoms with E-state index >= 15 is 0 Å². The topological polar surface area (TPSA) is 0 Å². The van der Waals surface area contributed by atoms with Gasteiger partial charge in [-0.25, -0.2) is 0 Å². The van der Waals surface area contributed by atoms with Gasteiger partial charge in [0.1, 0.15) is 0 Å². The molecular weight excluding hydrogens is 223 g/mol. The van der Waals surface area contributed by atoms with Crippen LogP contribution in [-0.4, -0.2) is 4.38 Å². The first-order valence-electron chi connectivity index (χ1n) is 10.4. The van der Waals surface area contributed by atoms with Gasteiger partial charge >= 0.3 is 0 Å². The Labute approximate surface area is 96.4 Å². The summed E-state index contributed by atoms with van der Waals surface area (Å²) in [6.07, 6.45) is -24.2. The zero-order chi connectivity index (χ0) is 22.0. The van der Waals surface area contributed by atoms with E-state index in [1.54, 1.807) is 0 Å². The lowest BCUT2D eigenvalue weighted by molar-refractivity contribution is 0.629. The fourth-order valence-electron chi connectivity index (χ4n) is 0.149. The van der Waals surface area contributed by atoms with Crippen LogP contribution in [0.25, 0.3) is 0 Å². The first kappa shape index (κ1) is 1.12. The Kier molecular flexibility index (Phi) is 1.09. The zero-order valence-corrected chi connectivity index (χ0v) is 6.54. The molecule has 0 atom stereocenters. The molecule has 0 spiro atoms. The van der Waals surface area contributed by atoms with E-state index in [1.165, 1.54) is 0 Å². The van der Waals surface area contributed by atoms with Crippen molar-refractivity contribution >= 4 is 22.6 Å². The first-order valence-corrected chi connectivity index (χ1v) is 3.02. The highest BCUT2D eigenvalue weighted by Crippen LogP contribution is 2.05. The Morgan fingerprint density at radius 1 is 1.22 bits per heavy atom. The summed E-state index contributed by atoms with van der Waals surface area (Å²) in [5.41, 5.74) is 0. The summed E-state index contributed by atoms with van der Waals surface area (Å²) < 4.78 is 124. The molecule has 0 aromatic carbocycles. The van der Waals surface area contributed by atoms with Gasteiger partial charge in [-0.05, 0) is 10.8 Å². The summed E-state index contributed by atoms with van der Waals surface area (Å²) >= 11 is 0.834. The van der Waals surface area contributed by atoms with Gasteiger partial charge in [-0.2, -0.15) is 0 Å². The van der Waals surface area contributed by atoms with Crippen LogP contribution in [0.15, 0.2) is 0 Å². The van der Waals surface area contributed by atoms with Crippen LogP contribution < -0.4 is 0 Å². The molecule has 0 unspecified atom stereocenters. The fourth-order valence-corrected chi connectivity index (χ4v) is 0.283. The van der Waals surface area contributed by atoms with E-state index in [0.29, 0.717) is 0 Å². The number of hydrogen-bond donors (Lipinski definition) is 0. The highest BCUT2D eigenvalue weighted by molar-refractivity contribution is 14.1. The van der Waals surface area contributed by atoms with Crippen molar-refractivity contribution in [3.63, 3.8) is 0 Å². The number of alkyl halides is 1. The second kappa shape index (κ2) is 8.73. The molecule has 0 N–H and O–H groups in total. The summed E-state index contributed by atoms with van der Waals surface area (Å²) in [6, 6.07) is 0. The summed E-state index contributed by atoms with van der Waals surface area (Å²) in [7, 11) is 0. The molecule has 0 saturated carbocycles. The van der Waals surface area contributed by atoms with E-state index in [4.69, 9.17) is 23.3 Å². The minimum absolute atomic E-state index is 0.834. The van der Waals surface area contributed by atoms with Crippen LogP contribution in [0.1, 0.15) is 68.4 Å². The fraction of sp³-hybridized carbons (Fsp3) is 1.00. The van der Waals surface area contributed by atoms with Gasteiger partial charge in [-0.15, -0.1) is 0 Å². The Morgan fingerprint density at radius 2 is 1.89 bits per heavy atom. The lowest BCUT2D eigenvalue weighted by Gasteiger charge is -1.95. The largest absolute Gasteiger partial charge is 0.0864 e. The monoisotopic (exact) mass is 257 g/mol. The van der Waals surface area contributed by atoms with Crippen LogP contribution in [0.5, 0.6) is 0 Å². The molecule has 0 nitrogen and oxygen atoms in total. The van der Waals surface area contributed by atoms with Crippen LogP contribution in [0.2, 0.25) is 0 Å². The average molecular weight is 257 g/mol. The van der Waals surface area contributed by atoms with Crippen LogP contribution in [0.4, 0.5) is 0 Å². The van der Waals surface area contributed by atoms with Crippen molar-refractivity contribution in [1.29, 1.82) is 0 Å². The molecule has 0 aliphatic carbocycles. The molecule has 0 aliphatic rings. The molecule has 0 bridgehead atoms. The van der Waals surface area contributed by atoms with Gasteiger partial charge in [0, 0.05) is 23.3 Å². The van der Waals surface area contributed by atoms with E-state index in [1.807, 2.05) is 0 Å². The third-order valence-electron chi connectivity index (χ3n) is 0.360. The molecule has 0 aromatic heterocycles. The second-order valence-electron chi connectivity index (χ2n) is 0.844. The van der Waals surface area contributed by atoms with Gasteiger partial charge in [0.15, 0.2) is 0 Å². The van der Waals surface area contributed by atoms with Crippen molar-refractivity contribution in [1.82, 2.24) is 0 Å². The van der Waals surface area contributed by atoms with E-state index in [0.717, 1.165) is 22.6 Å². The Morgan fingerprint density at radius 3 is 2.56 bits per heavy atom. The third-order valence-corrected chi connectivity index (χ3v) is 0.629. The third kappa shape index (κ3) is 8.73. The molecule has 0 fully saturated rings. The van der Waals surface area contributed by atoms with Gasteiger partial charge in [0.05, 0.1) is 0 Å². The smallest absolute Gasteiger partial charge is 0.0377 e. The standard InChI is InChI=1S/C8H17I/c1-2-3-4-5-6-7-8-9/h2-8H2,1H3/i1D3,2D2,3D2,4D2,5D2,6D2,7D2,8D2. The van der Waals surface area contributed by atoms with Crippen LogP contribution >= 0.6 is 22.6 Å². The molecule has 0 aliphatic heterocycles. The van der Waals surface area contributed by atoms with Gasteiger partial charge in [0.25, 0.3) is 0 Å². The summed E-state index contributed by atoms with van der Waals surface area (Å²) in [6.45, 7) is -3.75. The van der Waals surface area contributed by atoms with Gasteiger partial charge in [-0.3, -0.25) is 0 Å². The van der Waals surface area contributed by atoms with Gasteiger partial charge in [-0.1, -0.05) is 61.3 Å². The first-order chi connectivity index (χ1) is 10.8. The molecule has 0 saturated heterocycles. The highest BCUT2D eigenvalue weighted by atomic mass is 127. The second-order valence-corrected chi connectivity index (χ2v) is 1.38. The average Bonchev–Trinajstić information content (AvgIpc) is 2.34. The van der Waals surface area contributed by atoms with Crippen molar-refractivity contribution in [3.8, 4) is 0 Å². The molecule has 0 aromatic rings. The lowest BCUT2D eigenvalue weighted by atomic mass is 10.1. The quantitative estimate of drug-likeness (QED) is 0.501. The summed E-state index contributed by atoms with van der Waals surface area (Å²) in [4.78, 5) is 0. The van der Waals surface area contributed by atoms with Crippen molar-refractivity contribution < 1.29 is 23.3 Å². The van der Waals surface area contributed by atoms with Crippen molar-refractivity contribution in [3.05, 3.63) is 0 Å². The van der Waals surface area contributed by atoms with Crippen LogP contribution in [0.3, 0.4) is 0 Å². The van der Waals surface area contributed by atoms with Crippen molar-refractivity contribution in [2.24, 2.45) is 0 Å². The predicted molar refractivity (Wildman–Crippen MR) is 52.3 cm³/mol. The van der Waals surface area contributed by atoms with E-state index in [-0.39, 0.29) is 0 Å². The van der Waals surface area contributed by atoms with Crippen LogP contribution in [0, 0.1) is 0 Å². The van der Waals surface area contributed by atoms with Gasteiger partial charge in [0.2, 0.25) is 0 Å². The number of hydrogen-bond acceptors (Lipinski definition) is 0. The maximum Gasteiger partial charge on any atom is 0.0377 e. The highest BCUT2D eigenvalue weighted by Gasteiger charge is 1.86. The SMILES string of the molecule is [2H]C([2H])([2H])C([2H])([2H])C([2H])([2H])C([2H])([2H])C([2H])([2H])C([2H])([2H])C([2H])([2H])C([2H])([2H])I. The predicted octanol–water partition coefficient (Wildman–Crippen LogP) is 3.78.